The number of aromatic amines is 1. The van der Waals surface area contributed by atoms with E-state index in [-0.39, 0.29) is 27.8 Å². The van der Waals surface area contributed by atoms with E-state index in [1.165, 1.54) is 0 Å². The van der Waals surface area contributed by atoms with E-state index in [0.29, 0.717) is 37.4 Å². The summed E-state index contributed by atoms with van der Waals surface area (Å²) in [5.74, 6) is -0.829. The van der Waals surface area contributed by atoms with Gasteiger partial charge in [0.15, 0.2) is 0 Å². The Hall–Kier alpha value is -3.03. The molecule has 1 unspecified atom stereocenters. The third-order valence-corrected chi connectivity index (χ3v) is 7.87. The van der Waals surface area contributed by atoms with Crippen molar-refractivity contribution in [3.8, 4) is 0 Å². The van der Waals surface area contributed by atoms with Crippen LogP contribution in [0, 0.1) is 0 Å². The number of benzene rings is 1. The first kappa shape index (κ1) is 26.0. The average Bonchev–Trinajstić information content (AvgIpc) is 3.14. The first-order valence-corrected chi connectivity index (χ1v) is 13.6. The van der Waals surface area contributed by atoms with Crippen LogP contribution < -0.4 is 15.7 Å². The minimum atomic E-state index is -4.31. The van der Waals surface area contributed by atoms with Gasteiger partial charge in [-0.3, -0.25) is 19.5 Å². The summed E-state index contributed by atoms with van der Waals surface area (Å²) in [7, 11) is -2.46. The molecule has 1 saturated heterocycles. The molecular weight excluding hydrogens is 488 g/mol. The maximum absolute atomic E-state index is 13.7. The molecule has 3 heterocycles. The summed E-state index contributed by atoms with van der Waals surface area (Å²) in [6.45, 7) is 7.42. The van der Waals surface area contributed by atoms with E-state index in [2.05, 4.69) is 10.1 Å². The Bertz CT molecular complexity index is 1440. The summed E-state index contributed by atoms with van der Waals surface area (Å²) in [5, 5.41) is 6.28. The molecule has 0 aliphatic carbocycles. The molecule has 0 spiro atoms. The van der Waals surface area contributed by atoms with Crippen molar-refractivity contribution >= 4 is 33.0 Å². The molecule has 0 radical (unpaired) electrons. The van der Waals surface area contributed by atoms with Crippen molar-refractivity contribution in [1.29, 1.82) is 0 Å². The fraction of sp³-hybridized carbons (Fsp3) is 0.565. The molecule has 0 saturated carbocycles. The van der Waals surface area contributed by atoms with Gasteiger partial charge in [0.25, 0.3) is 21.5 Å². The first-order valence-electron chi connectivity index (χ1n) is 11.8. The quantitative estimate of drug-likeness (QED) is 0.567. The van der Waals surface area contributed by atoms with Gasteiger partial charge in [0.2, 0.25) is 0 Å². The predicted molar refractivity (Wildman–Crippen MR) is 136 cm³/mol. The number of hydrazone groups is 1. The summed E-state index contributed by atoms with van der Waals surface area (Å²) in [5.41, 5.74) is -0.402. The van der Waals surface area contributed by atoms with Crippen LogP contribution >= 0.6 is 0 Å². The third-order valence-electron chi connectivity index (χ3n) is 6.88. The number of rotatable bonds is 6. The maximum atomic E-state index is 13.7. The minimum Gasteiger partial charge on any atom is -0.379 e. The van der Waals surface area contributed by atoms with Crippen LogP contribution in [0.15, 0.2) is 26.8 Å². The molecule has 2 aliphatic heterocycles. The highest BCUT2D eigenvalue weighted by molar-refractivity contribution is 7.92. The highest BCUT2D eigenvalue weighted by Crippen LogP contribution is 2.39. The Kier molecular flexibility index (Phi) is 6.84. The molecule has 12 nitrogen and oxygen atoms in total. The van der Waals surface area contributed by atoms with Crippen LogP contribution in [0.1, 0.15) is 44.2 Å². The monoisotopic (exact) mass is 520 g/mol. The number of aromatic nitrogens is 2. The van der Waals surface area contributed by atoms with E-state index in [0.717, 1.165) is 17.4 Å². The first-order chi connectivity index (χ1) is 16.8. The summed E-state index contributed by atoms with van der Waals surface area (Å²) in [6, 6.07) is 3.43. The molecule has 1 amide bonds. The van der Waals surface area contributed by atoms with Gasteiger partial charge in [0.05, 0.1) is 42.5 Å². The smallest absolute Gasteiger partial charge is 0.349 e. The molecular formula is C23H32N6O6S. The van der Waals surface area contributed by atoms with E-state index < -0.39 is 32.7 Å². The molecule has 1 N–H and O–H groups in total. The molecule has 2 aromatic rings. The van der Waals surface area contributed by atoms with Gasteiger partial charge in [0, 0.05) is 32.8 Å². The van der Waals surface area contributed by atoms with Crippen LogP contribution in [0.5, 0.6) is 0 Å². The lowest BCUT2D eigenvalue weighted by atomic mass is 9.82. The number of hydrogen-bond donors (Lipinski definition) is 1. The van der Waals surface area contributed by atoms with E-state index in [9.17, 15) is 22.8 Å². The molecule has 2 aliphatic rings. The molecule has 0 bridgehead atoms. The zero-order chi connectivity index (χ0) is 26.4. The van der Waals surface area contributed by atoms with Crippen molar-refractivity contribution in [2.24, 2.45) is 5.10 Å². The van der Waals surface area contributed by atoms with E-state index in [1.54, 1.807) is 23.2 Å². The van der Waals surface area contributed by atoms with Crippen molar-refractivity contribution in [1.82, 2.24) is 19.6 Å². The van der Waals surface area contributed by atoms with Crippen molar-refractivity contribution in [3.05, 3.63) is 44.1 Å². The average molecular weight is 521 g/mol. The summed E-state index contributed by atoms with van der Waals surface area (Å²) >= 11 is 0. The summed E-state index contributed by atoms with van der Waals surface area (Å²) in [4.78, 5) is 44.2. The highest BCUT2D eigenvalue weighted by atomic mass is 32.2. The largest absolute Gasteiger partial charge is 0.379 e. The van der Waals surface area contributed by atoms with Gasteiger partial charge in [-0.15, -0.1) is 9.09 Å². The van der Waals surface area contributed by atoms with Crippen molar-refractivity contribution in [3.63, 3.8) is 0 Å². The Balaban J connectivity index is 1.91. The molecule has 1 aromatic heterocycles. The van der Waals surface area contributed by atoms with Gasteiger partial charge in [0.1, 0.15) is 0 Å². The van der Waals surface area contributed by atoms with Crippen LogP contribution in [0.25, 0.3) is 10.9 Å². The molecule has 4 rings (SSSR count). The number of fused-ring (bicyclic) bond motifs is 1. The van der Waals surface area contributed by atoms with Gasteiger partial charge >= 0.3 is 5.69 Å². The van der Waals surface area contributed by atoms with Crippen molar-refractivity contribution in [2.75, 3.05) is 50.6 Å². The van der Waals surface area contributed by atoms with Crippen molar-refractivity contribution < 1.29 is 17.9 Å². The minimum absolute atomic E-state index is 0.0729. The number of ether oxygens (including phenoxy) is 1. The van der Waals surface area contributed by atoms with Crippen molar-refractivity contribution in [2.45, 2.75) is 38.6 Å². The number of carbonyl (C=O) groups excluding carboxylic acids is 1. The molecule has 1 aromatic carbocycles. The Labute approximate surface area is 209 Å². The van der Waals surface area contributed by atoms with Crippen LogP contribution in [-0.2, 0) is 25.1 Å². The van der Waals surface area contributed by atoms with E-state index in [1.807, 2.05) is 32.8 Å². The van der Waals surface area contributed by atoms with E-state index >= 15 is 0 Å². The SMILES string of the molecule is CC(C)c1cc2[nH]c(=O)n(N(C(=O)CN3CCOCC3)S(C)(=O)=O)c(=O)c2cc1C1(C)CC=NN1C. The molecule has 1 atom stereocenters. The number of hydrogen-bond acceptors (Lipinski definition) is 9. The second-order valence-electron chi connectivity index (χ2n) is 9.77. The number of sulfonamides is 1. The maximum Gasteiger partial charge on any atom is 0.349 e. The Morgan fingerprint density at radius 1 is 1.25 bits per heavy atom. The van der Waals surface area contributed by atoms with Crippen LogP contribution in [0.3, 0.4) is 0 Å². The fourth-order valence-corrected chi connectivity index (χ4v) is 5.59. The third kappa shape index (κ3) is 4.58. The topological polar surface area (TPSA) is 137 Å². The normalized spacial score (nSPS) is 21.0. The number of amides is 1. The van der Waals surface area contributed by atoms with Gasteiger partial charge in [-0.2, -0.15) is 5.10 Å². The second kappa shape index (κ2) is 9.45. The van der Waals surface area contributed by atoms with Crippen LogP contribution in [0.4, 0.5) is 0 Å². The highest BCUT2D eigenvalue weighted by Gasteiger charge is 2.37. The predicted octanol–water partition coefficient (Wildman–Crippen LogP) is 0.106. The lowest BCUT2D eigenvalue weighted by Gasteiger charge is -2.35. The number of morpholine rings is 1. The second-order valence-corrected chi connectivity index (χ2v) is 11.6. The number of H-pyrrole nitrogens is 1. The van der Waals surface area contributed by atoms with Gasteiger partial charge < -0.3 is 9.72 Å². The number of nitrogens with one attached hydrogen (secondary N) is 1. The van der Waals surface area contributed by atoms with E-state index in [4.69, 9.17) is 4.74 Å². The molecule has 36 heavy (non-hydrogen) atoms. The van der Waals surface area contributed by atoms with Crippen LogP contribution in [-0.4, -0.2) is 86.3 Å². The zero-order valence-corrected chi connectivity index (χ0v) is 22.0. The Morgan fingerprint density at radius 2 is 1.92 bits per heavy atom. The lowest BCUT2D eigenvalue weighted by Crippen LogP contribution is -2.58. The zero-order valence-electron chi connectivity index (χ0n) is 21.1. The summed E-state index contributed by atoms with van der Waals surface area (Å²) in [6.07, 6.45) is 3.20. The number of carbonyl (C=O) groups is 1. The number of nitrogens with zero attached hydrogens (tertiary/aromatic N) is 5. The molecule has 1 fully saturated rings. The van der Waals surface area contributed by atoms with Gasteiger partial charge in [-0.25, -0.2) is 13.2 Å². The lowest BCUT2D eigenvalue weighted by molar-refractivity contribution is -0.120. The van der Waals surface area contributed by atoms with Gasteiger partial charge in [-0.1, -0.05) is 13.8 Å². The molecule has 196 valence electrons. The van der Waals surface area contributed by atoms with Gasteiger partial charge in [-0.05, 0) is 36.1 Å². The standard InChI is InChI=1S/C23H32N6O6S/c1-15(2)16-13-19-17(12-18(16)23(3)6-7-24-26(23)4)21(31)28(22(32)25-19)29(36(5,33)34)20(30)14-27-8-10-35-11-9-27/h7,12-13,15H,6,8-11,14H2,1-5H3,(H,25,32). The summed E-state index contributed by atoms with van der Waals surface area (Å²) < 4.78 is 31.3. The molecule has 13 heteroatoms. The Morgan fingerprint density at radius 3 is 2.47 bits per heavy atom. The fourth-order valence-electron chi connectivity index (χ4n) is 4.72. The van der Waals surface area contributed by atoms with Crippen LogP contribution in [0.2, 0.25) is 0 Å².